The molecule has 3 heterocycles. The number of fused-ring (bicyclic) bond motifs is 2. The van der Waals surface area contributed by atoms with Crippen LogP contribution in [0.5, 0.6) is 5.75 Å². The summed E-state index contributed by atoms with van der Waals surface area (Å²) < 4.78 is 7.60. The van der Waals surface area contributed by atoms with Crippen LogP contribution in [-0.4, -0.2) is 22.1 Å². The lowest BCUT2D eigenvalue weighted by molar-refractivity contribution is -0.120. The molecule has 1 aromatic heterocycles. The smallest absolute Gasteiger partial charge is 0.228 e. The molecule has 0 fully saturated rings. The first-order valence-electron chi connectivity index (χ1n) is 7.36. The highest BCUT2D eigenvalue weighted by molar-refractivity contribution is 5.93. The third kappa shape index (κ3) is 2.28. The van der Waals surface area contributed by atoms with Gasteiger partial charge in [-0.1, -0.05) is 0 Å². The van der Waals surface area contributed by atoms with Crippen molar-refractivity contribution in [3.63, 3.8) is 0 Å². The molecule has 0 aliphatic carbocycles. The van der Waals surface area contributed by atoms with E-state index in [0.717, 1.165) is 43.3 Å². The molecule has 0 saturated carbocycles. The summed E-state index contributed by atoms with van der Waals surface area (Å²) in [4.78, 5) is 16.7. The Morgan fingerprint density at radius 2 is 2.38 bits per heavy atom. The number of nitrogens with zero attached hydrogens (tertiary/aromatic N) is 2. The summed E-state index contributed by atoms with van der Waals surface area (Å²) in [6, 6.07) is 5.86. The monoisotopic (exact) mass is 283 g/mol. The number of anilines is 1. The summed E-state index contributed by atoms with van der Waals surface area (Å²) in [5.74, 6) is 2.03. The maximum Gasteiger partial charge on any atom is 0.228 e. The minimum Gasteiger partial charge on any atom is -0.493 e. The van der Waals surface area contributed by atoms with Gasteiger partial charge in [-0.3, -0.25) is 4.79 Å². The maximum atomic E-state index is 12.4. The van der Waals surface area contributed by atoms with Gasteiger partial charge in [0, 0.05) is 43.4 Å². The summed E-state index contributed by atoms with van der Waals surface area (Å²) in [6.45, 7) is 1.60. The van der Waals surface area contributed by atoms with Gasteiger partial charge in [0.05, 0.1) is 6.61 Å². The molecule has 1 N–H and O–H groups in total. The first-order valence-corrected chi connectivity index (χ1v) is 7.36. The second-order valence-electron chi connectivity index (χ2n) is 5.64. The molecule has 2 aliphatic rings. The van der Waals surface area contributed by atoms with Gasteiger partial charge in [0.25, 0.3) is 0 Å². The van der Waals surface area contributed by atoms with Crippen LogP contribution in [0, 0.1) is 5.92 Å². The molecular formula is C16H17N3O2. The van der Waals surface area contributed by atoms with E-state index in [9.17, 15) is 4.79 Å². The Balaban J connectivity index is 1.47. The number of aromatic nitrogens is 2. The van der Waals surface area contributed by atoms with E-state index in [0.29, 0.717) is 6.42 Å². The average molecular weight is 283 g/mol. The standard InChI is InChI=1S/C16H17N3O2/c20-16(12-3-6-19-7-5-17-15(19)10-12)18-13-1-2-14-11(9-13)4-8-21-14/h1-2,5,7,9,12H,3-4,6,8,10H2,(H,18,20). The van der Waals surface area contributed by atoms with Gasteiger partial charge in [-0.05, 0) is 30.2 Å². The van der Waals surface area contributed by atoms with Crippen LogP contribution >= 0.6 is 0 Å². The van der Waals surface area contributed by atoms with E-state index in [4.69, 9.17) is 4.74 Å². The van der Waals surface area contributed by atoms with Gasteiger partial charge >= 0.3 is 0 Å². The number of ether oxygens (including phenoxy) is 1. The summed E-state index contributed by atoms with van der Waals surface area (Å²) in [6.07, 6.45) is 6.27. The molecule has 1 aromatic carbocycles. The Labute approximate surface area is 122 Å². The Bertz CT molecular complexity index is 693. The highest BCUT2D eigenvalue weighted by Gasteiger charge is 2.25. The lowest BCUT2D eigenvalue weighted by Crippen LogP contribution is -2.30. The molecule has 2 aromatic rings. The second-order valence-corrected chi connectivity index (χ2v) is 5.64. The van der Waals surface area contributed by atoms with Crippen molar-refractivity contribution in [1.82, 2.24) is 9.55 Å². The van der Waals surface area contributed by atoms with Crippen LogP contribution in [0.2, 0.25) is 0 Å². The number of carbonyl (C=O) groups excluding carboxylic acids is 1. The Morgan fingerprint density at radius 1 is 1.43 bits per heavy atom. The number of hydrogen-bond acceptors (Lipinski definition) is 3. The molecule has 0 saturated heterocycles. The molecule has 1 atom stereocenters. The van der Waals surface area contributed by atoms with Crippen molar-refractivity contribution in [1.29, 1.82) is 0 Å². The first-order chi connectivity index (χ1) is 10.3. The fraction of sp³-hybridized carbons (Fsp3) is 0.375. The molecule has 2 aliphatic heterocycles. The molecule has 108 valence electrons. The highest BCUT2D eigenvalue weighted by Crippen LogP contribution is 2.28. The van der Waals surface area contributed by atoms with Crippen molar-refractivity contribution in [3.8, 4) is 5.75 Å². The highest BCUT2D eigenvalue weighted by atomic mass is 16.5. The topological polar surface area (TPSA) is 56.1 Å². The number of carbonyl (C=O) groups is 1. The molecule has 0 bridgehead atoms. The van der Waals surface area contributed by atoms with Gasteiger partial charge in [0.1, 0.15) is 11.6 Å². The van der Waals surface area contributed by atoms with Crippen molar-refractivity contribution in [3.05, 3.63) is 42.0 Å². The Kier molecular flexibility index (Phi) is 2.91. The molecule has 4 rings (SSSR count). The van der Waals surface area contributed by atoms with Crippen LogP contribution in [0.4, 0.5) is 5.69 Å². The van der Waals surface area contributed by atoms with Crippen molar-refractivity contribution >= 4 is 11.6 Å². The normalized spacial score (nSPS) is 19.5. The zero-order valence-electron chi connectivity index (χ0n) is 11.7. The van der Waals surface area contributed by atoms with Crippen LogP contribution in [0.1, 0.15) is 17.8 Å². The zero-order chi connectivity index (χ0) is 14.2. The molecule has 21 heavy (non-hydrogen) atoms. The molecule has 0 spiro atoms. The van der Waals surface area contributed by atoms with E-state index in [-0.39, 0.29) is 11.8 Å². The largest absolute Gasteiger partial charge is 0.493 e. The van der Waals surface area contributed by atoms with E-state index in [2.05, 4.69) is 14.9 Å². The van der Waals surface area contributed by atoms with Crippen molar-refractivity contribution in [2.24, 2.45) is 5.92 Å². The third-order valence-electron chi connectivity index (χ3n) is 4.28. The average Bonchev–Trinajstić information content (AvgIpc) is 3.14. The molecule has 0 radical (unpaired) electrons. The quantitative estimate of drug-likeness (QED) is 0.917. The summed E-state index contributed by atoms with van der Waals surface area (Å²) in [5, 5.41) is 3.03. The fourth-order valence-electron chi connectivity index (χ4n) is 3.08. The van der Waals surface area contributed by atoms with Crippen LogP contribution in [0.25, 0.3) is 0 Å². The summed E-state index contributed by atoms with van der Waals surface area (Å²) >= 11 is 0. The Hall–Kier alpha value is -2.30. The van der Waals surface area contributed by atoms with Gasteiger partial charge in [0.15, 0.2) is 0 Å². The lowest BCUT2D eigenvalue weighted by atomic mass is 9.96. The molecule has 1 unspecified atom stereocenters. The van der Waals surface area contributed by atoms with Crippen molar-refractivity contribution in [2.75, 3.05) is 11.9 Å². The van der Waals surface area contributed by atoms with Crippen LogP contribution in [-0.2, 0) is 24.2 Å². The number of rotatable bonds is 2. The number of nitrogens with one attached hydrogen (secondary N) is 1. The predicted octanol–water partition coefficient (Wildman–Crippen LogP) is 2.02. The molecule has 5 heteroatoms. The van der Waals surface area contributed by atoms with Gasteiger partial charge < -0.3 is 14.6 Å². The van der Waals surface area contributed by atoms with Crippen LogP contribution < -0.4 is 10.1 Å². The fourth-order valence-corrected chi connectivity index (χ4v) is 3.08. The Morgan fingerprint density at radius 3 is 3.33 bits per heavy atom. The molecule has 1 amide bonds. The predicted molar refractivity (Wildman–Crippen MR) is 78.3 cm³/mol. The van der Waals surface area contributed by atoms with Crippen molar-refractivity contribution < 1.29 is 9.53 Å². The van der Waals surface area contributed by atoms with Crippen LogP contribution in [0.3, 0.4) is 0 Å². The van der Waals surface area contributed by atoms with E-state index in [1.807, 2.05) is 24.4 Å². The van der Waals surface area contributed by atoms with E-state index in [1.165, 1.54) is 5.56 Å². The van der Waals surface area contributed by atoms with E-state index >= 15 is 0 Å². The van der Waals surface area contributed by atoms with Gasteiger partial charge in [-0.25, -0.2) is 4.98 Å². The number of imidazole rings is 1. The first kappa shape index (κ1) is 12.4. The van der Waals surface area contributed by atoms with Gasteiger partial charge in [-0.2, -0.15) is 0 Å². The molecule has 5 nitrogen and oxygen atoms in total. The van der Waals surface area contributed by atoms with Crippen molar-refractivity contribution in [2.45, 2.75) is 25.8 Å². The number of amides is 1. The van der Waals surface area contributed by atoms with Crippen LogP contribution in [0.15, 0.2) is 30.6 Å². The number of hydrogen-bond donors (Lipinski definition) is 1. The van der Waals surface area contributed by atoms with E-state index < -0.39 is 0 Å². The second kappa shape index (κ2) is 4.91. The van der Waals surface area contributed by atoms with Gasteiger partial charge in [0.2, 0.25) is 5.91 Å². The number of benzene rings is 1. The number of aryl methyl sites for hydroxylation is 1. The summed E-state index contributed by atoms with van der Waals surface area (Å²) in [5.41, 5.74) is 2.03. The lowest BCUT2D eigenvalue weighted by Gasteiger charge is -2.22. The third-order valence-corrected chi connectivity index (χ3v) is 4.28. The summed E-state index contributed by atoms with van der Waals surface area (Å²) in [7, 11) is 0. The minimum absolute atomic E-state index is 0.00408. The minimum atomic E-state index is 0.00408. The zero-order valence-corrected chi connectivity index (χ0v) is 11.7. The maximum absolute atomic E-state index is 12.4. The van der Waals surface area contributed by atoms with E-state index in [1.54, 1.807) is 6.20 Å². The van der Waals surface area contributed by atoms with Gasteiger partial charge in [-0.15, -0.1) is 0 Å². The molecular weight excluding hydrogens is 266 g/mol. The SMILES string of the molecule is O=C(Nc1ccc2c(c1)CCO2)C1CCn2ccnc2C1.